The third kappa shape index (κ3) is 3.23. The van der Waals surface area contributed by atoms with Crippen LogP contribution in [0.25, 0.3) is 0 Å². The molecule has 0 bridgehead atoms. The summed E-state index contributed by atoms with van der Waals surface area (Å²) < 4.78 is 0. The summed E-state index contributed by atoms with van der Waals surface area (Å²) in [6, 6.07) is 4.47. The Morgan fingerprint density at radius 3 is 2.53 bits per heavy atom. The lowest BCUT2D eigenvalue weighted by molar-refractivity contribution is -0.385. The molecular weight excluding hydrogens is 268 g/mol. The molecule has 0 heterocycles. The molecule has 0 saturated carbocycles. The number of carbonyl (C=O) groups is 1. The number of hydrogen-bond acceptors (Lipinski definition) is 3. The average molecular weight is 285 g/mol. The predicted molar refractivity (Wildman–Crippen MR) is 74.7 cm³/mol. The Balaban J connectivity index is 3.14. The summed E-state index contributed by atoms with van der Waals surface area (Å²) in [4.78, 5) is 24.2. The summed E-state index contributed by atoms with van der Waals surface area (Å²) in [5.74, 6) is -0.00262. The highest BCUT2D eigenvalue weighted by Gasteiger charge is 2.28. The standard InChI is InChI=1S/C13H17ClN2O3/c1-9-5-6-10(7-11(9)16(18)19)12(17)15(4)13(2,3)8-14/h5-7H,8H2,1-4H3. The van der Waals surface area contributed by atoms with E-state index in [1.165, 1.54) is 11.0 Å². The average Bonchev–Trinajstić information content (AvgIpc) is 2.37. The van der Waals surface area contributed by atoms with Crippen molar-refractivity contribution in [1.29, 1.82) is 0 Å². The Morgan fingerprint density at radius 2 is 2.05 bits per heavy atom. The van der Waals surface area contributed by atoms with Gasteiger partial charge in [0, 0.05) is 30.1 Å². The fourth-order valence-electron chi connectivity index (χ4n) is 1.50. The van der Waals surface area contributed by atoms with Crippen LogP contribution in [0.2, 0.25) is 0 Å². The zero-order valence-electron chi connectivity index (χ0n) is 11.4. The number of rotatable bonds is 4. The molecule has 19 heavy (non-hydrogen) atoms. The molecule has 0 N–H and O–H groups in total. The van der Waals surface area contributed by atoms with Crippen LogP contribution in [-0.2, 0) is 0 Å². The third-order valence-corrected chi connectivity index (χ3v) is 3.85. The number of amides is 1. The molecule has 0 atom stereocenters. The lowest BCUT2D eigenvalue weighted by atomic mass is 10.0. The number of nitrogens with zero attached hydrogens (tertiary/aromatic N) is 2. The van der Waals surface area contributed by atoms with Crippen molar-refractivity contribution in [1.82, 2.24) is 4.90 Å². The van der Waals surface area contributed by atoms with Gasteiger partial charge in [-0.1, -0.05) is 6.07 Å². The number of nitro groups is 1. The van der Waals surface area contributed by atoms with E-state index in [-0.39, 0.29) is 23.0 Å². The Bertz CT molecular complexity index is 515. The van der Waals surface area contributed by atoms with Crippen LogP contribution in [0, 0.1) is 17.0 Å². The van der Waals surface area contributed by atoms with Crippen LogP contribution in [0.5, 0.6) is 0 Å². The van der Waals surface area contributed by atoms with E-state index in [2.05, 4.69) is 0 Å². The van der Waals surface area contributed by atoms with Gasteiger partial charge < -0.3 is 4.90 Å². The Kier molecular flexibility index (Phi) is 4.52. The van der Waals surface area contributed by atoms with Crippen LogP contribution < -0.4 is 0 Å². The van der Waals surface area contributed by atoms with Gasteiger partial charge in [0.2, 0.25) is 0 Å². The smallest absolute Gasteiger partial charge is 0.273 e. The molecule has 5 nitrogen and oxygen atoms in total. The van der Waals surface area contributed by atoms with Gasteiger partial charge in [0.15, 0.2) is 0 Å². The lowest BCUT2D eigenvalue weighted by Gasteiger charge is -2.33. The summed E-state index contributed by atoms with van der Waals surface area (Å²) in [5.41, 5.74) is 0.250. The molecule has 1 aromatic carbocycles. The van der Waals surface area contributed by atoms with E-state index in [1.54, 1.807) is 26.1 Å². The normalized spacial score (nSPS) is 11.2. The van der Waals surface area contributed by atoms with E-state index in [0.717, 1.165) is 0 Å². The van der Waals surface area contributed by atoms with Gasteiger partial charge in [-0.3, -0.25) is 14.9 Å². The van der Waals surface area contributed by atoms with Crippen molar-refractivity contribution in [3.05, 3.63) is 39.4 Å². The van der Waals surface area contributed by atoms with Crippen molar-refractivity contribution >= 4 is 23.2 Å². The molecule has 0 spiro atoms. The zero-order chi connectivity index (χ0) is 14.8. The lowest BCUT2D eigenvalue weighted by Crippen LogP contribution is -2.46. The van der Waals surface area contributed by atoms with Crippen molar-refractivity contribution < 1.29 is 9.72 Å². The van der Waals surface area contributed by atoms with Crippen LogP contribution in [0.4, 0.5) is 5.69 Å². The van der Waals surface area contributed by atoms with Crippen molar-refractivity contribution in [2.75, 3.05) is 12.9 Å². The second kappa shape index (κ2) is 5.57. The number of hydrogen-bond donors (Lipinski definition) is 0. The summed E-state index contributed by atoms with van der Waals surface area (Å²) in [5, 5.41) is 10.9. The molecule has 1 aromatic rings. The SMILES string of the molecule is Cc1ccc(C(=O)N(C)C(C)(C)CCl)cc1[N+](=O)[O-]. The van der Waals surface area contributed by atoms with Crippen LogP contribution >= 0.6 is 11.6 Å². The molecule has 0 aromatic heterocycles. The second-order valence-corrected chi connectivity index (χ2v) is 5.34. The van der Waals surface area contributed by atoms with E-state index in [4.69, 9.17) is 11.6 Å². The molecule has 1 rings (SSSR count). The van der Waals surface area contributed by atoms with Gasteiger partial charge in [-0.25, -0.2) is 0 Å². The van der Waals surface area contributed by atoms with Gasteiger partial charge >= 0.3 is 0 Å². The first-order valence-corrected chi connectivity index (χ1v) is 6.33. The summed E-state index contributed by atoms with van der Waals surface area (Å²) in [6.45, 7) is 5.31. The molecule has 0 fully saturated rings. The molecule has 0 saturated heterocycles. The molecular formula is C13H17ClN2O3. The van der Waals surface area contributed by atoms with Gasteiger partial charge in [-0.15, -0.1) is 11.6 Å². The van der Waals surface area contributed by atoms with Crippen LogP contribution in [-0.4, -0.2) is 34.2 Å². The maximum Gasteiger partial charge on any atom is 0.273 e. The van der Waals surface area contributed by atoms with Gasteiger partial charge in [0.25, 0.3) is 11.6 Å². The van der Waals surface area contributed by atoms with E-state index in [9.17, 15) is 14.9 Å². The van der Waals surface area contributed by atoms with E-state index in [0.29, 0.717) is 5.56 Å². The minimum Gasteiger partial charge on any atom is -0.335 e. The first-order chi connectivity index (χ1) is 8.70. The maximum atomic E-state index is 12.3. The number of carbonyl (C=O) groups excluding carboxylic acids is 1. The van der Waals surface area contributed by atoms with Gasteiger partial charge in [-0.05, 0) is 26.8 Å². The highest BCUT2D eigenvalue weighted by atomic mass is 35.5. The van der Waals surface area contributed by atoms with E-state index in [1.807, 2.05) is 13.8 Å². The fourth-order valence-corrected chi connectivity index (χ4v) is 1.68. The molecule has 1 amide bonds. The summed E-state index contributed by atoms with van der Waals surface area (Å²) >= 11 is 5.82. The Hall–Kier alpha value is -1.62. The highest BCUT2D eigenvalue weighted by Crippen LogP contribution is 2.22. The van der Waals surface area contributed by atoms with Crippen molar-refractivity contribution in [3.8, 4) is 0 Å². The first-order valence-electron chi connectivity index (χ1n) is 5.80. The number of benzene rings is 1. The van der Waals surface area contributed by atoms with Crippen molar-refractivity contribution in [2.45, 2.75) is 26.3 Å². The van der Waals surface area contributed by atoms with E-state index < -0.39 is 10.5 Å². The molecule has 0 radical (unpaired) electrons. The van der Waals surface area contributed by atoms with Crippen LogP contribution in [0.1, 0.15) is 29.8 Å². The zero-order valence-corrected chi connectivity index (χ0v) is 12.2. The molecule has 0 aliphatic carbocycles. The molecule has 104 valence electrons. The van der Waals surface area contributed by atoms with Crippen molar-refractivity contribution in [2.24, 2.45) is 0 Å². The second-order valence-electron chi connectivity index (χ2n) is 5.07. The first kappa shape index (κ1) is 15.4. The minimum atomic E-state index is -0.516. The number of alkyl halides is 1. The van der Waals surface area contributed by atoms with Crippen LogP contribution in [0.3, 0.4) is 0 Å². The topological polar surface area (TPSA) is 63.5 Å². The summed E-state index contributed by atoms with van der Waals surface area (Å²) in [7, 11) is 1.64. The largest absolute Gasteiger partial charge is 0.335 e. The van der Waals surface area contributed by atoms with Gasteiger partial charge in [-0.2, -0.15) is 0 Å². The minimum absolute atomic E-state index is 0.0528. The third-order valence-electron chi connectivity index (χ3n) is 3.19. The monoisotopic (exact) mass is 284 g/mol. The number of halogens is 1. The Morgan fingerprint density at radius 1 is 1.47 bits per heavy atom. The molecule has 6 heteroatoms. The predicted octanol–water partition coefficient (Wildman–Crippen LogP) is 2.99. The van der Waals surface area contributed by atoms with Crippen molar-refractivity contribution in [3.63, 3.8) is 0 Å². The quantitative estimate of drug-likeness (QED) is 0.485. The Labute approximate surface area is 117 Å². The maximum absolute atomic E-state index is 12.3. The fraction of sp³-hybridized carbons (Fsp3) is 0.462. The molecule has 0 aliphatic heterocycles. The number of nitro benzene ring substituents is 1. The number of aryl methyl sites for hydroxylation is 1. The highest BCUT2D eigenvalue weighted by molar-refractivity contribution is 6.18. The van der Waals surface area contributed by atoms with Crippen LogP contribution in [0.15, 0.2) is 18.2 Å². The summed E-state index contributed by atoms with van der Waals surface area (Å²) in [6.07, 6.45) is 0. The molecule has 0 aliphatic rings. The van der Waals surface area contributed by atoms with E-state index >= 15 is 0 Å². The van der Waals surface area contributed by atoms with Gasteiger partial charge in [0.05, 0.1) is 10.5 Å². The molecule has 0 unspecified atom stereocenters. The van der Waals surface area contributed by atoms with Gasteiger partial charge in [0.1, 0.15) is 0 Å².